The van der Waals surface area contributed by atoms with Gasteiger partial charge in [-0.05, 0) is 82.7 Å². The molecule has 0 atom stereocenters. The summed E-state index contributed by atoms with van der Waals surface area (Å²) in [4.78, 5) is 49.6. The number of halogens is 2. The molecule has 1 fully saturated rings. The number of para-hydroxylation sites is 1. The molecule has 0 bridgehead atoms. The molecule has 3 amide bonds. The summed E-state index contributed by atoms with van der Waals surface area (Å²) in [5.41, 5.74) is 1.54. The number of rotatable bonds is 10. The minimum absolute atomic E-state index is 0.0357. The SMILES string of the molecule is CCOc1cc(/C=C2/SC(=O)N(CC(=O)Nc3ccccc3Cl)C2=O)cc(I)c1OCc1cccc([N+](=O)[O-])c1. The lowest BCUT2D eigenvalue weighted by Crippen LogP contribution is -2.36. The highest BCUT2D eigenvalue weighted by Gasteiger charge is 2.36. The summed E-state index contributed by atoms with van der Waals surface area (Å²) < 4.78 is 12.4. The van der Waals surface area contributed by atoms with Crippen molar-refractivity contribution < 1.29 is 28.8 Å². The monoisotopic (exact) mass is 693 g/mol. The van der Waals surface area contributed by atoms with Crippen LogP contribution in [0.2, 0.25) is 5.02 Å². The topological polar surface area (TPSA) is 128 Å². The van der Waals surface area contributed by atoms with Crippen LogP contribution in [0.1, 0.15) is 18.1 Å². The zero-order valence-electron chi connectivity index (χ0n) is 20.9. The first-order valence-corrected chi connectivity index (χ1v) is 14.1. The van der Waals surface area contributed by atoms with Gasteiger partial charge >= 0.3 is 0 Å². The lowest BCUT2D eigenvalue weighted by Gasteiger charge is -2.15. The Morgan fingerprint density at radius 3 is 2.65 bits per heavy atom. The van der Waals surface area contributed by atoms with E-state index in [-0.39, 0.29) is 17.2 Å². The second-order valence-corrected chi connectivity index (χ2v) is 10.8. The normalized spacial score (nSPS) is 14.0. The molecule has 13 heteroatoms. The Bertz CT molecular complexity index is 1530. The number of nitrogens with one attached hydrogen (secondary N) is 1. The van der Waals surface area contributed by atoms with Crippen molar-refractivity contribution in [2.45, 2.75) is 13.5 Å². The first-order chi connectivity index (χ1) is 19.2. The van der Waals surface area contributed by atoms with Crippen molar-refractivity contribution in [3.63, 3.8) is 0 Å². The number of nitro benzene ring substituents is 1. The van der Waals surface area contributed by atoms with E-state index in [1.54, 1.807) is 54.6 Å². The van der Waals surface area contributed by atoms with E-state index < -0.39 is 28.5 Å². The van der Waals surface area contributed by atoms with Crippen molar-refractivity contribution in [1.29, 1.82) is 0 Å². The van der Waals surface area contributed by atoms with Crippen LogP contribution in [0.15, 0.2) is 65.6 Å². The number of benzene rings is 3. The zero-order valence-corrected chi connectivity index (χ0v) is 24.6. The Morgan fingerprint density at radius 2 is 1.93 bits per heavy atom. The highest BCUT2D eigenvalue weighted by atomic mass is 127. The van der Waals surface area contributed by atoms with E-state index >= 15 is 0 Å². The van der Waals surface area contributed by atoms with Gasteiger partial charge in [-0.1, -0.05) is 35.9 Å². The number of carbonyl (C=O) groups excluding carboxylic acids is 3. The number of nitro groups is 1. The van der Waals surface area contributed by atoms with Crippen molar-refractivity contribution in [3.8, 4) is 11.5 Å². The van der Waals surface area contributed by atoms with Gasteiger partial charge in [0.1, 0.15) is 13.2 Å². The summed E-state index contributed by atoms with van der Waals surface area (Å²) in [5.74, 6) is -0.307. The molecule has 0 unspecified atom stereocenters. The predicted molar refractivity (Wildman–Crippen MR) is 161 cm³/mol. The Kier molecular flexibility index (Phi) is 9.66. The Morgan fingerprint density at radius 1 is 1.15 bits per heavy atom. The zero-order chi connectivity index (χ0) is 28.8. The molecule has 4 rings (SSSR count). The van der Waals surface area contributed by atoms with Gasteiger partial charge in [0.15, 0.2) is 11.5 Å². The second-order valence-electron chi connectivity index (χ2n) is 8.27. The number of hydrogen-bond donors (Lipinski definition) is 1. The van der Waals surface area contributed by atoms with Gasteiger partial charge < -0.3 is 14.8 Å². The van der Waals surface area contributed by atoms with Crippen LogP contribution >= 0.6 is 46.0 Å². The maximum Gasteiger partial charge on any atom is 0.294 e. The molecule has 206 valence electrons. The van der Waals surface area contributed by atoms with Gasteiger partial charge in [-0.2, -0.15) is 0 Å². The van der Waals surface area contributed by atoms with Gasteiger partial charge in [-0.3, -0.25) is 29.4 Å². The summed E-state index contributed by atoms with van der Waals surface area (Å²) >= 11 is 8.86. The van der Waals surface area contributed by atoms with Crippen LogP contribution < -0.4 is 14.8 Å². The molecule has 0 aromatic heterocycles. The summed E-state index contributed by atoms with van der Waals surface area (Å²) in [6.07, 6.45) is 1.55. The molecule has 1 saturated heterocycles. The van der Waals surface area contributed by atoms with Crippen LogP contribution in [0, 0.1) is 13.7 Å². The number of amides is 3. The molecule has 1 heterocycles. The first-order valence-electron chi connectivity index (χ1n) is 11.8. The van der Waals surface area contributed by atoms with Crippen LogP contribution in [-0.4, -0.2) is 40.0 Å². The molecule has 10 nitrogen and oxygen atoms in total. The van der Waals surface area contributed by atoms with Gasteiger partial charge in [-0.15, -0.1) is 0 Å². The van der Waals surface area contributed by atoms with Crippen LogP contribution in [0.25, 0.3) is 6.08 Å². The molecule has 0 spiro atoms. The molecule has 3 aromatic carbocycles. The maximum absolute atomic E-state index is 13.0. The minimum Gasteiger partial charge on any atom is -0.490 e. The van der Waals surface area contributed by atoms with Gasteiger partial charge in [0.25, 0.3) is 16.8 Å². The number of hydrogen-bond acceptors (Lipinski definition) is 8. The summed E-state index contributed by atoms with van der Waals surface area (Å²) in [6, 6.07) is 16.2. The number of carbonyl (C=O) groups is 3. The van der Waals surface area contributed by atoms with Gasteiger partial charge in [-0.25, -0.2) is 0 Å². The van der Waals surface area contributed by atoms with E-state index in [0.29, 0.717) is 43.5 Å². The lowest BCUT2D eigenvalue weighted by atomic mass is 10.1. The summed E-state index contributed by atoms with van der Waals surface area (Å²) in [6.45, 7) is 1.76. The van der Waals surface area contributed by atoms with E-state index in [9.17, 15) is 24.5 Å². The quantitative estimate of drug-likeness (QED) is 0.110. The lowest BCUT2D eigenvalue weighted by molar-refractivity contribution is -0.384. The smallest absolute Gasteiger partial charge is 0.294 e. The molecule has 40 heavy (non-hydrogen) atoms. The van der Waals surface area contributed by atoms with E-state index in [1.165, 1.54) is 12.1 Å². The highest BCUT2D eigenvalue weighted by molar-refractivity contribution is 14.1. The average molecular weight is 694 g/mol. The van der Waals surface area contributed by atoms with E-state index in [1.807, 2.05) is 6.92 Å². The van der Waals surface area contributed by atoms with Crippen LogP contribution in [0.4, 0.5) is 16.2 Å². The maximum atomic E-state index is 13.0. The third-order valence-corrected chi connectivity index (χ3v) is 7.50. The molecule has 0 radical (unpaired) electrons. The summed E-state index contributed by atoms with van der Waals surface area (Å²) in [7, 11) is 0. The molecule has 3 aromatic rings. The Balaban J connectivity index is 1.50. The van der Waals surface area contributed by atoms with Crippen molar-refractivity contribution in [2.75, 3.05) is 18.5 Å². The van der Waals surface area contributed by atoms with Crippen molar-refractivity contribution in [2.24, 2.45) is 0 Å². The van der Waals surface area contributed by atoms with Crippen LogP contribution in [0.5, 0.6) is 11.5 Å². The van der Waals surface area contributed by atoms with Gasteiger partial charge in [0.05, 0.1) is 30.7 Å². The fourth-order valence-electron chi connectivity index (χ4n) is 3.67. The van der Waals surface area contributed by atoms with E-state index in [4.69, 9.17) is 21.1 Å². The Labute approximate surface area is 251 Å². The van der Waals surface area contributed by atoms with E-state index in [0.717, 1.165) is 16.7 Å². The number of nitrogens with zero attached hydrogens (tertiary/aromatic N) is 2. The predicted octanol–water partition coefficient (Wildman–Crippen LogP) is 6.51. The fourth-order valence-corrected chi connectivity index (χ4v) is 5.48. The molecule has 0 saturated carbocycles. The van der Waals surface area contributed by atoms with Crippen LogP contribution in [-0.2, 0) is 16.2 Å². The number of non-ortho nitro benzene ring substituents is 1. The fraction of sp³-hybridized carbons (Fsp3) is 0.148. The van der Waals surface area contributed by atoms with Crippen molar-refractivity contribution >= 4 is 80.5 Å². The average Bonchev–Trinajstić information content (AvgIpc) is 3.17. The second kappa shape index (κ2) is 13.2. The van der Waals surface area contributed by atoms with Gasteiger partial charge in [0, 0.05) is 12.1 Å². The minimum atomic E-state index is -0.594. The third-order valence-electron chi connectivity index (χ3n) is 5.46. The first kappa shape index (κ1) is 29.4. The van der Waals surface area contributed by atoms with E-state index in [2.05, 4.69) is 27.9 Å². The largest absolute Gasteiger partial charge is 0.490 e. The van der Waals surface area contributed by atoms with Crippen molar-refractivity contribution in [1.82, 2.24) is 4.90 Å². The van der Waals surface area contributed by atoms with Crippen LogP contribution in [0.3, 0.4) is 0 Å². The summed E-state index contributed by atoms with van der Waals surface area (Å²) in [5, 5.41) is 13.4. The molecule has 1 aliphatic rings. The standard InChI is InChI=1S/C27H21ClIN3O7S/c1-2-38-22-12-17(11-20(29)25(22)39-15-16-6-5-7-18(10-16)32(36)37)13-23-26(34)31(27(35)40-23)14-24(33)30-21-9-4-3-8-19(21)28/h3-13H,2,14-15H2,1H3,(H,30,33)/b23-13+. The van der Waals surface area contributed by atoms with Gasteiger partial charge in [0.2, 0.25) is 5.91 Å². The Hall–Kier alpha value is -3.62. The number of ether oxygens (including phenoxy) is 2. The number of thioether (sulfide) groups is 1. The molecule has 0 aliphatic carbocycles. The van der Waals surface area contributed by atoms with Crippen molar-refractivity contribution in [3.05, 3.63) is 95.4 Å². The number of imide groups is 1. The molecular weight excluding hydrogens is 673 g/mol. The number of anilines is 1. The highest BCUT2D eigenvalue weighted by Crippen LogP contribution is 2.38. The third kappa shape index (κ3) is 7.11. The molecular formula is C27H21ClIN3O7S. The molecule has 1 N–H and O–H groups in total. The molecule has 1 aliphatic heterocycles.